The fourth-order valence-corrected chi connectivity index (χ4v) is 3.63. The maximum absolute atomic E-state index is 4.43. The summed E-state index contributed by atoms with van der Waals surface area (Å²) in [5, 5.41) is 4.48. The second-order valence-corrected chi connectivity index (χ2v) is 6.76. The number of benzene rings is 1. The number of hydrogen-bond acceptors (Lipinski definition) is 5. The van der Waals surface area contributed by atoms with Gasteiger partial charge in [0.1, 0.15) is 11.2 Å². The Morgan fingerprint density at radius 3 is 2.61 bits per heavy atom. The Balaban J connectivity index is 1.76. The quantitative estimate of drug-likeness (QED) is 0.570. The molecule has 3 aromatic heterocycles. The van der Waals surface area contributed by atoms with Crippen LogP contribution in [-0.4, -0.2) is 15.0 Å². The lowest BCUT2D eigenvalue weighted by atomic mass is 10.0. The zero-order valence-electron chi connectivity index (χ0n) is 12.9. The van der Waals surface area contributed by atoms with Crippen molar-refractivity contribution in [1.29, 1.82) is 0 Å². The summed E-state index contributed by atoms with van der Waals surface area (Å²) in [4.78, 5) is 14.3. The second kappa shape index (κ2) is 5.59. The van der Waals surface area contributed by atoms with Crippen molar-refractivity contribution in [1.82, 2.24) is 15.0 Å². The number of pyridine rings is 1. The van der Waals surface area contributed by atoms with Crippen molar-refractivity contribution in [3.63, 3.8) is 0 Å². The van der Waals surface area contributed by atoms with E-state index in [0.29, 0.717) is 5.92 Å². The molecular weight excluding hydrogens is 304 g/mol. The van der Waals surface area contributed by atoms with Crippen LogP contribution in [0, 0.1) is 0 Å². The molecule has 0 spiro atoms. The third kappa shape index (κ3) is 2.53. The van der Waals surface area contributed by atoms with Crippen LogP contribution in [0.2, 0.25) is 0 Å². The smallest absolute Gasteiger partial charge is 0.151 e. The number of hydrogen-bond donors (Lipinski definition) is 1. The summed E-state index contributed by atoms with van der Waals surface area (Å²) in [7, 11) is 0. The van der Waals surface area contributed by atoms with Gasteiger partial charge in [-0.25, -0.2) is 15.0 Å². The molecule has 1 N–H and O–H groups in total. The summed E-state index contributed by atoms with van der Waals surface area (Å²) < 4.78 is 1.04. The van der Waals surface area contributed by atoms with E-state index in [-0.39, 0.29) is 0 Å². The SMILES string of the molecule is CC(C)c1ccc(Nc2ncnc3c2sc2ncccc23)cc1. The van der Waals surface area contributed by atoms with Gasteiger partial charge in [-0.1, -0.05) is 26.0 Å². The van der Waals surface area contributed by atoms with Crippen LogP contribution >= 0.6 is 11.3 Å². The number of fused-ring (bicyclic) bond motifs is 3. The fourth-order valence-electron chi connectivity index (χ4n) is 2.59. The van der Waals surface area contributed by atoms with Crippen molar-refractivity contribution < 1.29 is 0 Å². The molecule has 0 saturated heterocycles. The van der Waals surface area contributed by atoms with E-state index in [1.165, 1.54) is 5.56 Å². The molecular formula is C18H16N4S. The third-order valence-corrected chi connectivity index (χ3v) is 4.98. The molecule has 3 heterocycles. The minimum atomic E-state index is 0.531. The van der Waals surface area contributed by atoms with Crippen LogP contribution in [0.25, 0.3) is 20.4 Å². The van der Waals surface area contributed by atoms with E-state index in [9.17, 15) is 0 Å². The average Bonchev–Trinajstić information content (AvgIpc) is 2.95. The molecule has 0 fully saturated rings. The normalized spacial score (nSPS) is 11.4. The van der Waals surface area contributed by atoms with E-state index in [0.717, 1.165) is 31.9 Å². The molecule has 4 nitrogen and oxygen atoms in total. The number of nitrogens with one attached hydrogen (secondary N) is 1. The van der Waals surface area contributed by atoms with Crippen LogP contribution in [0.15, 0.2) is 48.9 Å². The Labute approximate surface area is 138 Å². The highest BCUT2D eigenvalue weighted by Crippen LogP contribution is 2.35. The Hall–Kier alpha value is -2.53. The van der Waals surface area contributed by atoms with Gasteiger partial charge in [0.15, 0.2) is 5.82 Å². The second-order valence-electron chi connectivity index (χ2n) is 5.76. The lowest BCUT2D eigenvalue weighted by Gasteiger charge is -2.09. The highest BCUT2D eigenvalue weighted by Gasteiger charge is 2.11. The van der Waals surface area contributed by atoms with Gasteiger partial charge >= 0.3 is 0 Å². The van der Waals surface area contributed by atoms with Gasteiger partial charge in [-0.2, -0.15) is 0 Å². The number of nitrogens with zero attached hydrogens (tertiary/aromatic N) is 3. The predicted octanol–water partition coefficient (Wildman–Crippen LogP) is 5.11. The summed E-state index contributed by atoms with van der Waals surface area (Å²) in [6.07, 6.45) is 3.41. The van der Waals surface area contributed by atoms with E-state index in [4.69, 9.17) is 0 Å². The molecule has 0 bridgehead atoms. The predicted molar refractivity (Wildman–Crippen MR) is 96.5 cm³/mol. The van der Waals surface area contributed by atoms with Crippen molar-refractivity contribution in [3.8, 4) is 0 Å². The van der Waals surface area contributed by atoms with Gasteiger partial charge in [0.25, 0.3) is 0 Å². The van der Waals surface area contributed by atoms with E-state index >= 15 is 0 Å². The van der Waals surface area contributed by atoms with Crippen molar-refractivity contribution in [2.45, 2.75) is 19.8 Å². The summed E-state index contributed by atoms with van der Waals surface area (Å²) in [6.45, 7) is 4.39. The van der Waals surface area contributed by atoms with Gasteiger partial charge in [-0.3, -0.25) is 0 Å². The van der Waals surface area contributed by atoms with Crippen LogP contribution in [0.4, 0.5) is 11.5 Å². The largest absolute Gasteiger partial charge is 0.339 e. The van der Waals surface area contributed by atoms with Gasteiger partial charge in [-0.05, 0) is 35.7 Å². The number of thiophene rings is 1. The van der Waals surface area contributed by atoms with Crippen LogP contribution in [-0.2, 0) is 0 Å². The molecule has 0 unspecified atom stereocenters. The molecule has 4 aromatic rings. The topological polar surface area (TPSA) is 50.7 Å². The molecule has 0 radical (unpaired) electrons. The van der Waals surface area contributed by atoms with E-state index < -0.39 is 0 Å². The van der Waals surface area contributed by atoms with Gasteiger partial charge in [0, 0.05) is 17.3 Å². The number of aromatic nitrogens is 3. The maximum atomic E-state index is 4.43. The summed E-state index contributed by atoms with van der Waals surface area (Å²) in [6, 6.07) is 12.5. The van der Waals surface area contributed by atoms with Crippen LogP contribution < -0.4 is 5.32 Å². The minimum absolute atomic E-state index is 0.531. The Kier molecular flexibility index (Phi) is 3.42. The van der Waals surface area contributed by atoms with Crippen LogP contribution in [0.1, 0.15) is 25.3 Å². The highest BCUT2D eigenvalue weighted by molar-refractivity contribution is 7.25. The summed E-state index contributed by atoms with van der Waals surface area (Å²) in [5.74, 6) is 1.36. The molecule has 5 heteroatoms. The summed E-state index contributed by atoms with van der Waals surface area (Å²) >= 11 is 1.62. The molecule has 0 amide bonds. The first-order valence-electron chi connectivity index (χ1n) is 7.57. The van der Waals surface area contributed by atoms with Gasteiger partial charge < -0.3 is 5.32 Å². The average molecular weight is 320 g/mol. The zero-order chi connectivity index (χ0) is 15.8. The van der Waals surface area contributed by atoms with Gasteiger partial charge in [0.2, 0.25) is 0 Å². The lowest BCUT2D eigenvalue weighted by molar-refractivity contribution is 0.867. The Morgan fingerprint density at radius 2 is 1.83 bits per heavy atom. The molecule has 0 atom stereocenters. The van der Waals surface area contributed by atoms with Crippen LogP contribution in [0.5, 0.6) is 0 Å². The van der Waals surface area contributed by atoms with Crippen molar-refractivity contribution in [3.05, 3.63) is 54.5 Å². The molecule has 0 aliphatic heterocycles. The Morgan fingerprint density at radius 1 is 1.00 bits per heavy atom. The fraction of sp³-hybridized carbons (Fsp3) is 0.167. The lowest BCUT2D eigenvalue weighted by Crippen LogP contribution is -1.95. The van der Waals surface area contributed by atoms with Gasteiger partial charge in [0.05, 0.1) is 10.2 Å². The summed E-state index contributed by atoms with van der Waals surface area (Å²) in [5.41, 5.74) is 3.31. The van der Waals surface area contributed by atoms with Crippen LogP contribution in [0.3, 0.4) is 0 Å². The molecule has 114 valence electrons. The molecule has 23 heavy (non-hydrogen) atoms. The number of rotatable bonds is 3. The highest BCUT2D eigenvalue weighted by atomic mass is 32.1. The first-order valence-corrected chi connectivity index (χ1v) is 8.39. The minimum Gasteiger partial charge on any atom is -0.339 e. The van der Waals surface area contributed by atoms with E-state index in [1.807, 2.05) is 12.3 Å². The van der Waals surface area contributed by atoms with E-state index in [2.05, 4.69) is 64.4 Å². The van der Waals surface area contributed by atoms with Gasteiger partial charge in [-0.15, -0.1) is 11.3 Å². The standard InChI is InChI=1S/C18H16N4S/c1-11(2)12-5-7-13(8-6-12)22-17-16-15(20-10-21-17)14-4-3-9-19-18(14)23-16/h3-11H,1-2H3,(H,20,21,22). The zero-order valence-corrected chi connectivity index (χ0v) is 13.8. The maximum Gasteiger partial charge on any atom is 0.151 e. The number of anilines is 2. The van der Waals surface area contributed by atoms with Crippen molar-refractivity contribution in [2.75, 3.05) is 5.32 Å². The molecule has 1 aromatic carbocycles. The monoisotopic (exact) mass is 320 g/mol. The first kappa shape index (κ1) is 14.1. The van der Waals surface area contributed by atoms with Crippen molar-refractivity contribution >= 4 is 43.3 Å². The van der Waals surface area contributed by atoms with Crippen molar-refractivity contribution in [2.24, 2.45) is 0 Å². The Bertz CT molecular complexity index is 973. The molecule has 0 aliphatic carbocycles. The molecule has 0 aliphatic rings. The van der Waals surface area contributed by atoms with E-state index in [1.54, 1.807) is 17.7 Å². The molecule has 4 rings (SSSR count). The third-order valence-electron chi connectivity index (χ3n) is 3.87. The molecule has 0 saturated carbocycles. The first-order chi connectivity index (χ1) is 11.2.